The molecule has 0 spiro atoms. The van der Waals surface area contributed by atoms with Crippen LogP contribution in [0.5, 0.6) is 11.5 Å². The molecule has 0 saturated carbocycles. The Hall–Kier alpha value is -4.68. The molecule has 0 bridgehead atoms. The number of ether oxygens (including phenoxy) is 2. The normalized spacial score (nSPS) is 12.8. The van der Waals surface area contributed by atoms with Crippen LogP contribution in [0.3, 0.4) is 0 Å². The molecule has 4 N–H and O–H groups in total. The third-order valence-electron chi connectivity index (χ3n) is 5.12. The largest absolute Gasteiger partial charge is 0.490 e. The molecular formula is C24H18O12. The maximum atomic E-state index is 12.4. The summed E-state index contributed by atoms with van der Waals surface area (Å²) in [6, 6.07) is 10.1. The maximum absolute atomic E-state index is 12.4. The summed E-state index contributed by atoms with van der Waals surface area (Å²) < 4.78 is 21.3. The van der Waals surface area contributed by atoms with Gasteiger partial charge in [-0.3, -0.25) is 9.59 Å². The van der Waals surface area contributed by atoms with Crippen molar-refractivity contribution in [2.24, 2.45) is 0 Å². The van der Waals surface area contributed by atoms with Crippen molar-refractivity contribution in [2.75, 3.05) is 13.2 Å². The Labute approximate surface area is 200 Å². The van der Waals surface area contributed by atoms with Crippen molar-refractivity contribution in [1.29, 1.82) is 0 Å². The molecule has 12 nitrogen and oxygen atoms in total. The van der Waals surface area contributed by atoms with Gasteiger partial charge < -0.3 is 38.7 Å². The molecule has 1 unspecified atom stereocenters. The van der Waals surface area contributed by atoms with Gasteiger partial charge in [0.05, 0.1) is 0 Å². The van der Waals surface area contributed by atoms with Crippen molar-refractivity contribution in [2.45, 2.75) is 12.2 Å². The second kappa shape index (κ2) is 9.90. The molecule has 0 saturated heterocycles. The molecule has 2 heterocycles. The molecule has 2 aromatic carbocycles. The van der Waals surface area contributed by atoms with Crippen LogP contribution in [0.15, 0.2) is 67.0 Å². The van der Waals surface area contributed by atoms with Gasteiger partial charge in [-0.1, -0.05) is 12.1 Å². The van der Waals surface area contributed by atoms with Gasteiger partial charge in [-0.25, -0.2) is 9.59 Å². The van der Waals surface area contributed by atoms with E-state index in [4.69, 9.17) is 28.5 Å². The fourth-order valence-electron chi connectivity index (χ4n) is 3.38. The monoisotopic (exact) mass is 498 g/mol. The summed E-state index contributed by atoms with van der Waals surface area (Å²) in [5.74, 6) is -3.90. The van der Waals surface area contributed by atoms with E-state index in [-0.39, 0.29) is 33.4 Å². The van der Waals surface area contributed by atoms with Crippen LogP contribution in [0.2, 0.25) is 0 Å². The number of benzene rings is 2. The first-order chi connectivity index (χ1) is 17.2. The molecule has 0 aliphatic rings. The topological polar surface area (TPSA) is 194 Å². The SMILES string of the molecule is O=C(O)c1cc(=O)c2c(OCC(O)[C@@H](O)COc3cccc4oc(C(=O)O)cc(=O)c34)cccc2o1. The van der Waals surface area contributed by atoms with E-state index in [1.807, 2.05) is 0 Å². The zero-order chi connectivity index (χ0) is 26.0. The number of aliphatic hydroxyl groups excluding tert-OH is 2. The van der Waals surface area contributed by atoms with E-state index in [0.29, 0.717) is 0 Å². The number of fused-ring (bicyclic) bond motifs is 2. The van der Waals surface area contributed by atoms with Gasteiger partial charge in [0.2, 0.25) is 11.5 Å². The summed E-state index contributed by atoms with van der Waals surface area (Å²) >= 11 is 0. The Morgan fingerprint density at radius 1 is 0.722 bits per heavy atom. The summed E-state index contributed by atoms with van der Waals surface area (Å²) in [7, 11) is 0. The first-order valence-corrected chi connectivity index (χ1v) is 10.4. The number of carbonyl (C=O) groups is 2. The van der Waals surface area contributed by atoms with E-state index in [9.17, 15) is 29.4 Å². The number of carboxylic acids is 2. The number of carboxylic acid groups (broad SMARTS) is 2. The van der Waals surface area contributed by atoms with Crippen LogP contribution in [0, 0.1) is 0 Å². The van der Waals surface area contributed by atoms with E-state index in [2.05, 4.69) is 0 Å². The highest BCUT2D eigenvalue weighted by Gasteiger charge is 2.21. The Morgan fingerprint density at radius 2 is 1.11 bits per heavy atom. The predicted molar refractivity (Wildman–Crippen MR) is 122 cm³/mol. The van der Waals surface area contributed by atoms with Crippen LogP contribution in [0.25, 0.3) is 21.9 Å². The maximum Gasteiger partial charge on any atom is 0.371 e. The van der Waals surface area contributed by atoms with Gasteiger partial charge in [-0.05, 0) is 24.3 Å². The van der Waals surface area contributed by atoms with Crippen molar-refractivity contribution in [3.8, 4) is 11.5 Å². The highest BCUT2D eigenvalue weighted by Crippen LogP contribution is 2.25. The van der Waals surface area contributed by atoms with Gasteiger partial charge in [0.15, 0.2) is 10.9 Å². The van der Waals surface area contributed by atoms with Crippen LogP contribution >= 0.6 is 0 Å². The first-order valence-electron chi connectivity index (χ1n) is 10.4. The second-order valence-electron chi connectivity index (χ2n) is 7.58. The molecule has 12 heteroatoms. The number of rotatable bonds is 9. The molecule has 186 valence electrons. The third kappa shape index (κ3) is 4.89. The van der Waals surface area contributed by atoms with Crippen molar-refractivity contribution in [1.82, 2.24) is 0 Å². The van der Waals surface area contributed by atoms with Crippen molar-refractivity contribution < 1.29 is 48.3 Å². The summed E-state index contributed by atoms with van der Waals surface area (Å²) in [4.78, 5) is 46.9. The van der Waals surface area contributed by atoms with Crippen LogP contribution in [0.1, 0.15) is 21.1 Å². The van der Waals surface area contributed by atoms with Crippen molar-refractivity contribution in [3.05, 3.63) is 80.5 Å². The third-order valence-corrected chi connectivity index (χ3v) is 5.12. The van der Waals surface area contributed by atoms with Gasteiger partial charge in [0.25, 0.3) is 0 Å². The number of hydrogen-bond donors (Lipinski definition) is 4. The lowest BCUT2D eigenvalue weighted by atomic mass is 10.2. The molecule has 2 atom stereocenters. The first kappa shape index (κ1) is 24.4. The fraction of sp³-hybridized carbons (Fsp3) is 0.167. The molecule has 0 amide bonds. The van der Waals surface area contributed by atoms with Crippen LogP contribution < -0.4 is 20.3 Å². The van der Waals surface area contributed by atoms with E-state index in [1.54, 1.807) is 0 Å². The minimum atomic E-state index is -1.49. The van der Waals surface area contributed by atoms with E-state index in [1.165, 1.54) is 36.4 Å². The second-order valence-corrected chi connectivity index (χ2v) is 7.58. The molecule has 0 aliphatic heterocycles. The molecule has 36 heavy (non-hydrogen) atoms. The highest BCUT2D eigenvalue weighted by molar-refractivity contribution is 5.90. The summed E-state index contributed by atoms with van der Waals surface area (Å²) in [6.45, 7) is -0.938. The van der Waals surface area contributed by atoms with Gasteiger partial charge in [0.1, 0.15) is 58.9 Å². The zero-order valence-corrected chi connectivity index (χ0v) is 18.2. The number of aromatic carboxylic acids is 2. The van der Waals surface area contributed by atoms with Crippen LogP contribution in [-0.2, 0) is 0 Å². The summed E-state index contributed by atoms with van der Waals surface area (Å²) in [5.41, 5.74) is -1.39. The standard InChI is InChI=1S/C24H18O12/c25-11-7-19(23(29)30)35-17-5-1-3-15(21(11)17)33-9-13(27)14(28)10-34-16-4-2-6-18-22(16)12(26)8-20(36-18)24(31)32/h1-8,13-14,27-28H,9-10H2,(H,29,30)(H,31,32)/t13-,14?/m0/s1. The van der Waals surface area contributed by atoms with Crippen molar-refractivity contribution in [3.63, 3.8) is 0 Å². The Balaban J connectivity index is 1.46. The lowest BCUT2D eigenvalue weighted by Crippen LogP contribution is -2.36. The van der Waals surface area contributed by atoms with Gasteiger partial charge >= 0.3 is 11.9 Å². The molecule has 0 fully saturated rings. The zero-order valence-electron chi connectivity index (χ0n) is 18.2. The Morgan fingerprint density at radius 3 is 1.47 bits per heavy atom. The van der Waals surface area contributed by atoms with Gasteiger partial charge in [-0.15, -0.1) is 0 Å². The summed E-state index contributed by atoms with van der Waals surface area (Å²) in [6.07, 6.45) is -2.98. The smallest absolute Gasteiger partial charge is 0.371 e. The van der Waals surface area contributed by atoms with Crippen molar-refractivity contribution >= 4 is 33.9 Å². The average molecular weight is 498 g/mol. The summed E-state index contributed by atoms with van der Waals surface area (Å²) in [5, 5.41) is 38.6. The van der Waals surface area contributed by atoms with E-state index < -0.39 is 59.7 Å². The predicted octanol–water partition coefficient (Wildman–Crippen LogP) is 1.48. The quantitative estimate of drug-likeness (QED) is 0.260. The van der Waals surface area contributed by atoms with E-state index >= 15 is 0 Å². The molecule has 0 radical (unpaired) electrons. The fourth-order valence-corrected chi connectivity index (χ4v) is 3.38. The average Bonchev–Trinajstić information content (AvgIpc) is 2.85. The molecule has 2 aromatic heterocycles. The molecule has 0 aliphatic carbocycles. The van der Waals surface area contributed by atoms with Gasteiger partial charge in [0, 0.05) is 12.1 Å². The van der Waals surface area contributed by atoms with E-state index in [0.717, 1.165) is 12.1 Å². The lowest BCUT2D eigenvalue weighted by Gasteiger charge is -2.19. The lowest BCUT2D eigenvalue weighted by molar-refractivity contribution is -0.0284. The van der Waals surface area contributed by atoms with Crippen LogP contribution in [0.4, 0.5) is 0 Å². The molecule has 4 aromatic rings. The highest BCUT2D eigenvalue weighted by atomic mass is 16.5. The van der Waals surface area contributed by atoms with Gasteiger partial charge in [-0.2, -0.15) is 0 Å². The number of hydrogen-bond acceptors (Lipinski definition) is 10. The molecular weight excluding hydrogens is 480 g/mol. The molecule has 4 rings (SSSR count). The Kier molecular flexibility index (Phi) is 6.72. The van der Waals surface area contributed by atoms with Crippen LogP contribution in [-0.4, -0.2) is 57.8 Å². The number of aliphatic hydroxyl groups is 2. The Bertz CT molecular complexity index is 1460. The minimum absolute atomic E-state index is 0.00579. The minimum Gasteiger partial charge on any atom is -0.490 e.